The van der Waals surface area contributed by atoms with Crippen molar-refractivity contribution in [3.8, 4) is 17.2 Å². The Morgan fingerprint density at radius 2 is 1.76 bits per heavy atom. The van der Waals surface area contributed by atoms with Crippen LogP contribution in [0.2, 0.25) is 0 Å². The summed E-state index contributed by atoms with van der Waals surface area (Å²) in [7, 11) is 4.31. The van der Waals surface area contributed by atoms with E-state index in [-0.39, 0.29) is 11.1 Å². The smallest absolute Gasteiger partial charge is 0.338 e. The number of carbonyl (C=O) groups is 2. The molecule has 2 aromatic carbocycles. The SMILES string of the molecule is COC(=O)C1=C(C)N=c2s/c(=C\c3cc(Br)ccc3OC(C)=O)c(=O)n2[C@H]1c1ccc(OC)c(OC)c1. The van der Waals surface area contributed by atoms with Gasteiger partial charge in [-0.15, -0.1) is 0 Å². The lowest BCUT2D eigenvalue weighted by Gasteiger charge is -2.25. The van der Waals surface area contributed by atoms with Crippen molar-refractivity contribution in [1.29, 1.82) is 0 Å². The standard InChI is InChI=1S/C26H23BrN2O7S/c1-13-22(25(32)35-5)23(15-6-8-19(33-3)20(11-15)34-4)29-24(31)21(37-26(29)28-13)12-16-10-17(27)7-9-18(16)36-14(2)30/h6-12,23H,1-5H3/b21-12-/t23-/m0/s1. The van der Waals surface area contributed by atoms with E-state index in [0.717, 1.165) is 15.8 Å². The number of fused-ring (bicyclic) bond motifs is 1. The van der Waals surface area contributed by atoms with Crippen molar-refractivity contribution in [3.63, 3.8) is 0 Å². The molecule has 0 saturated carbocycles. The van der Waals surface area contributed by atoms with Crippen LogP contribution in [0, 0.1) is 0 Å². The van der Waals surface area contributed by atoms with E-state index < -0.39 is 18.0 Å². The van der Waals surface area contributed by atoms with Crippen LogP contribution in [0.15, 0.2) is 61.9 Å². The van der Waals surface area contributed by atoms with E-state index in [1.807, 2.05) is 0 Å². The molecule has 4 rings (SSSR count). The number of allylic oxidation sites excluding steroid dienone is 1. The maximum atomic E-state index is 13.8. The minimum atomic E-state index is -0.818. The van der Waals surface area contributed by atoms with Crippen molar-refractivity contribution in [2.75, 3.05) is 21.3 Å². The number of halogens is 1. The fraction of sp³-hybridized carbons (Fsp3) is 0.231. The van der Waals surface area contributed by atoms with Gasteiger partial charge >= 0.3 is 11.9 Å². The van der Waals surface area contributed by atoms with Gasteiger partial charge in [-0.25, -0.2) is 9.79 Å². The summed E-state index contributed by atoms with van der Waals surface area (Å²) < 4.78 is 23.7. The molecule has 37 heavy (non-hydrogen) atoms. The minimum Gasteiger partial charge on any atom is -0.493 e. The predicted molar refractivity (Wildman–Crippen MR) is 141 cm³/mol. The van der Waals surface area contributed by atoms with Crippen molar-refractivity contribution in [1.82, 2.24) is 4.57 Å². The van der Waals surface area contributed by atoms with E-state index in [4.69, 9.17) is 18.9 Å². The first-order chi connectivity index (χ1) is 17.7. The lowest BCUT2D eigenvalue weighted by molar-refractivity contribution is -0.136. The van der Waals surface area contributed by atoms with Crippen LogP contribution in [-0.2, 0) is 14.3 Å². The zero-order valence-electron chi connectivity index (χ0n) is 20.7. The maximum absolute atomic E-state index is 13.8. The van der Waals surface area contributed by atoms with Crippen LogP contribution >= 0.6 is 27.3 Å². The predicted octanol–water partition coefficient (Wildman–Crippen LogP) is 3.11. The topological polar surface area (TPSA) is 105 Å². The van der Waals surface area contributed by atoms with E-state index in [2.05, 4.69) is 20.9 Å². The third-order valence-electron chi connectivity index (χ3n) is 5.66. The molecule has 0 amide bonds. The third kappa shape index (κ3) is 5.09. The van der Waals surface area contributed by atoms with Gasteiger partial charge in [-0.3, -0.25) is 14.2 Å². The maximum Gasteiger partial charge on any atom is 0.338 e. The van der Waals surface area contributed by atoms with Crippen molar-refractivity contribution >= 4 is 45.3 Å². The van der Waals surface area contributed by atoms with E-state index in [0.29, 0.717) is 43.4 Å². The molecule has 0 bridgehead atoms. The van der Waals surface area contributed by atoms with Crippen LogP contribution in [0.1, 0.15) is 31.0 Å². The van der Waals surface area contributed by atoms with Crippen LogP contribution in [0.5, 0.6) is 17.2 Å². The van der Waals surface area contributed by atoms with Gasteiger partial charge in [-0.05, 0) is 48.9 Å². The highest BCUT2D eigenvalue weighted by Gasteiger charge is 2.33. The average Bonchev–Trinajstić information content (AvgIpc) is 3.17. The van der Waals surface area contributed by atoms with E-state index in [1.54, 1.807) is 49.4 Å². The minimum absolute atomic E-state index is 0.233. The Morgan fingerprint density at radius 1 is 1.05 bits per heavy atom. The van der Waals surface area contributed by atoms with Gasteiger partial charge in [0.1, 0.15) is 5.75 Å². The molecule has 1 aliphatic rings. The molecular weight excluding hydrogens is 564 g/mol. The van der Waals surface area contributed by atoms with E-state index >= 15 is 0 Å². The number of ether oxygens (including phenoxy) is 4. The Hall–Kier alpha value is -3.70. The number of benzene rings is 2. The number of hydrogen-bond donors (Lipinski definition) is 0. The molecule has 0 unspecified atom stereocenters. The molecule has 3 aromatic rings. The summed E-state index contributed by atoms with van der Waals surface area (Å²) in [5.74, 6) is 0.182. The van der Waals surface area contributed by atoms with Crippen LogP contribution in [0.25, 0.3) is 6.08 Å². The van der Waals surface area contributed by atoms with E-state index in [9.17, 15) is 14.4 Å². The summed E-state index contributed by atoms with van der Waals surface area (Å²) in [4.78, 5) is 43.2. The molecule has 0 N–H and O–H groups in total. The fourth-order valence-corrected chi connectivity index (χ4v) is 5.47. The molecule has 0 radical (unpaired) electrons. The first-order valence-electron chi connectivity index (χ1n) is 11.0. The zero-order valence-corrected chi connectivity index (χ0v) is 23.1. The molecule has 11 heteroatoms. The number of thiazole rings is 1. The quantitative estimate of drug-likeness (QED) is 0.323. The summed E-state index contributed by atoms with van der Waals surface area (Å²) in [5, 5.41) is 0. The Balaban J connectivity index is 1.98. The Labute approximate surface area is 224 Å². The van der Waals surface area contributed by atoms with Gasteiger partial charge in [0.2, 0.25) is 0 Å². The van der Waals surface area contributed by atoms with Gasteiger partial charge in [0.25, 0.3) is 5.56 Å². The Kier molecular flexibility index (Phi) is 7.65. The summed E-state index contributed by atoms with van der Waals surface area (Å²) in [6.45, 7) is 3.00. The molecule has 0 saturated heterocycles. The summed E-state index contributed by atoms with van der Waals surface area (Å²) in [5.41, 5.74) is 1.44. The number of esters is 2. The normalized spacial score (nSPS) is 15.1. The van der Waals surface area contributed by atoms with Gasteiger partial charge in [0.15, 0.2) is 16.3 Å². The molecule has 0 aliphatic carbocycles. The highest BCUT2D eigenvalue weighted by Crippen LogP contribution is 2.36. The Morgan fingerprint density at radius 3 is 2.41 bits per heavy atom. The van der Waals surface area contributed by atoms with Gasteiger partial charge in [0, 0.05) is 17.0 Å². The van der Waals surface area contributed by atoms with Gasteiger partial charge in [-0.2, -0.15) is 0 Å². The second-order valence-electron chi connectivity index (χ2n) is 7.96. The molecule has 1 aromatic heterocycles. The molecule has 192 valence electrons. The number of rotatable bonds is 6. The highest BCUT2D eigenvalue weighted by atomic mass is 79.9. The highest BCUT2D eigenvalue weighted by molar-refractivity contribution is 9.10. The molecule has 0 fully saturated rings. The largest absolute Gasteiger partial charge is 0.493 e. The molecule has 1 aliphatic heterocycles. The zero-order chi connectivity index (χ0) is 26.9. The number of aromatic nitrogens is 1. The molecule has 9 nitrogen and oxygen atoms in total. The van der Waals surface area contributed by atoms with Crippen molar-refractivity contribution in [2.24, 2.45) is 4.99 Å². The second kappa shape index (κ2) is 10.7. The summed E-state index contributed by atoms with van der Waals surface area (Å²) >= 11 is 4.58. The number of methoxy groups -OCH3 is 3. The summed E-state index contributed by atoms with van der Waals surface area (Å²) in [6.07, 6.45) is 1.63. The number of carbonyl (C=O) groups excluding carboxylic acids is 2. The van der Waals surface area contributed by atoms with E-state index in [1.165, 1.54) is 32.8 Å². The fourth-order valence-electron chi connectivity index (χ4n) is 4.05. The van der Waals surface area contributed by atoms with Gasteiger partial charge in [0.05, 0.1) is 43.2 Å². The lowest BCUT2D eigenvalue weighted by atomic mass is 9.95. The van der Waals surface area contributed by atoms with Crippen molar-refractivity contribution < 1.29 is 28.5 Å². The Bertz CT molecular complexity index is 1620. The molecule has 0 spiro atoms. The van der Waals surface area contributed by atoms with Crippen LogP contribution in [-0.4, -0.2) is 37.8 Å². The lowest BCUT2D eigenvalue weighted by Crippen LogP contribution is -2.39. The van der Waals surface area contributed by atoms with Gasteiger partial charge < -0.3 is 18.9 Å². The number of hydrogen-bond acceptors (Lipinski definition) is 9. The average molecular weight is 587 g/mol. The number of nitrogens with zero attached hydrogens (tertiary/aromatic N) is 2. The summed E-state index contributed by atoms with van der Waals surface area (Å²) in [6, 6.07) is 9.49. The first-order valence-corrected chi connectivity index (χ1v) is 12.6. The first kappa shape index (κ1) is 26.4. The van der Waals surface area contributed by atoms with Crippen molar-refractivity contribution in [3.05, 3.63) is 83.0 Å². The van der Waals surface area contributed by atoms with Gasteiger partial charge in [-0.1, -0.05) is 33.3 Å². The molecular formula is C26H23BrN2O7S. The van der Waals surface area contributed by atoms with Crippen molar-refractivity contribution in [2.45, 2.75) is 19.9 Å². The third-order valence-corrected chi connectivity index (χ3v) is 7.14. The van der Waals surface area contributed by atoms with Crippen LogP contribution in [0.3, 0.4) is 0 Å². The second-order valence-corrected chi connectivity index (χ2v) is 9.89. The monoisotopic (exact) mass is 586 g/mol. The van der Waals surface area contributed by atoms with Crippen LogP contribution < -0.4 is 29.1 Å². The molecule has 1 atom stereocenters. The molecule has 2 heterocycles. The van der Waals surface area contributed by atoms with Crippen LogP contribution in [0.4, 0.5) is 0 Å².